The molecule has 0 atom stereocenters. The summed E-state index contributed by atoms with van der Waals surface area (Å²) in [6, 6.07) is 9.58. The molecule has 0 aliphatic heterocycles. The Bertz CT molecular complexity index is 1100. The Kier molecular flexibility index (Phi) is 6.98. The molecule has 0 unspecified atom stereocenters. The van der Waals surface area contributed by atoms with Crippen molar-refractivity contribution < 1.29 is 9.84 Å². The van der Waals surface area contributed by atoms with E-state index in [1.54, 1.807) is 12.3 Å². The highest BCUT2D eigenvalue weighted by Gasteiger charge is 2.09. The number of nitrogen functional groups attached to an aromatic ring is 1. The van der Waals surface area contributed by atoms with E-state index in [-0.39, 0.29) is 6.61 Å². The average molecular weight is 401 g/mol. The standard InChI is InChI=1S/C23H23N5O2/c1-3-17-8-10-19(14-25-17)30-21-11-9-18(13-16(21)2)28-23-22(24)20(26-15-27-23)7-5-4-6-12-29/h4,6,8-11,13-15,29H,3,12,24H2,1-2H3,(H,26,27,28). The van der Waals surface area contributed by atoms with E-state index in [0.29, 0.717) is 22.9 Å². The number of allylic oxidation sites excluding steroid dienone is 1. The van der Waals surface area contributed by atoms with Gasteiger partial charge in [0.05, 0.1) is 12.8 Å². The maximum atomic E-state index is 8.75. The number of rotatable bonds is 6. The minimum absolute atomic E-state index is 0.0691. The van der Waals surface area contributed by atoms with Crippen molar-refractivity contribution in [3.63, 3.8) is 0 Å². The Balaban J connectivity index is 1.75. The lowest BCUT2D eigenvalue weighted by molar-refractivity contribution is 0.343. The van der Waals surface area contributed by atoms with Crippen LogP contribution in [0, 0.1) is 18.8 Å². The number of hydrogen-bond acceptors (Lipinski definition) is 7. The van der Waals surface area contributed by atoms with Crippen molar-refractivity contribution in [2.24, 2.45) is 0 Å². The summed E-state index contributed by atoms with van der Waals surface area (Å²) < 4.78 is 5.94. The summed E-state index contributed by atoms with van der Waals surface area (Å²) in [4.78, 5) is 12.7. The van der Waals surface area contributed by atoms with E-state index in [9.17, 15) is 0 Å². The largest absolute Gasteiger partial charge is 0.455 e. The SMILES string of the molecule is CCc1ccc(Oc2ccc(Nc3ncnc(C#CC=CCO)c3N)cc2C)cn1. The first-order valence-corrected chi connectivity index (χ1v) is 9.49. The van der Waals surface area contributed by atoms with Crippen LogP contribution < -0.4 is 15.8 Å². The average Bonchev–Trinajstić information content (AvgIpc) is 2.76. The molecule has 0 saturated carbocycles. The molecule has 0 amide bonds. The highest BCUT2D eigenvalue weighted by molar-refractivity contribution is 5.73. The third-order valence-corrected chi connectivity index (χ3v) is 4.21. The molecule has 1 aromatic carbocycles. The summed E-state index contributed by atoms with van der Waals surface area (Å²) in [6.45, 7) is 3.95. The van der Waals surface area contributed by atoms with E-state index in [1.165, 1.54) is 12.4 Å². The van der Waals surface area contributed by atoms with Gasteiger partial charge in [-0.15, -0.1) is 0 Å². The van der Waals surface area contributed by atoms with Crippen LogP contribution in [0.5, 0.6) is 11.5 Å². The number of anilines is 3. The highest BCUT2D eigenvalue weighted by atomic mass is 16.5. The fourth-order valence-electron chi connectivity index (χ4n) is 2.60. The molecular formula is C23H23N5O2. The molecule has 3 aromatic rings. The van der Waals surface area contributed by atoms with Crippen molar-refractivity contribution in [1.29, 1.82) is 0 Å². The van der Waals surface area contributed by atoms with Crippen molar-refractivity contribution in [3.8, 4) is 23.3 Å². The molecule has 0 spiro atoms. The molecule has 0 bridgehead atoms. The number of benzene rings is 1. The van der Waals surface area contributed by atoms with Crippen LogP contribution in [0.25, 0.3) is 0 Å². The Hall–Kier alpha value is -3.89. The van der Waals surface area contributed by atoms with Gasteiger partial charge in [-0.3, -0.25) is 4.98 Å². The van der Waals surface area contributed by atoms with Crippen LogP contribution in [0.2, 0.25) is 0 Å². The van der Waals surface area contributed by atoms with Crippen LogP contribution in [0.1, 0.15) is 23.9 Å². The van der Waals surface area contributed by atoms with Gasteiger partial charge in [0, 0.05) is 11.4 Å². The Morgan fingerprint density at radius 3 is 2.77 bits per heavy atom. The second-order valence-electron chi connectivity index (χ2n) is 6.38. The van der Waals surface area contributed by atoms with Crippen LogP contribution in [0.15, 0.2) is 55.0 Å². The molecule has 3 rings (SSSR count). The molecule has 0 fully saturated rings. The van der Waals surface area contributed by atoms with Gasteiger partial charge in [0.1, 0.15) is 29.2 Å². The monoisotopic (exact) mass is 401 g/mol. The van der Waals surface area contributed by atoms with Gasteiger partial charge in [-0.2, -0.15) is 0 Å². The van der Waals surface area contributed by atoms with Crippen molar-refractivity contribution >= 4 is 17.2 Å². The first kappa shape index (κ1) is 20.8. The summed E-state index contributed by atoms with van der Waals surface area (Å²) in [5.74, 6) is 7.51. The fraction of sp³-hybridized carbons (Fsp3) is 0.174. The molecule has 0 aliphatic carbocycles. The molecule has 30 heavy (non-hydrogen) atoms. The van der Waals surface area contributed by atoms with Gasteiger partial charge in [-0.05, 0) is 61.2 Å². The molecule has 0 saturated heterocycles. The molecule has 152 valence electrons. The number of aryl methyl sites for hydroxylation is 2. The lowest BCUT2D eigenvalue weighted by atomic mass is 10.2. The Labute approximate surface area is 175 Å². The molecular weight excluding hydrogens is 378 g/mol. The van der Waals surface area contributed by atoms with Gasteiger partial charge in [0.2, 0.25) is 0 Å². The lowest BCUT2D eigenvalue weighted by Gasteiger charge is -2.12. The van der Waals surface area contributed by atoms with Gasteiger partial charge in [-0.1, -0.05) is 18.9 Å². The molecule has 0 aliphatic rings. The molecule has 2 heterocycles. The maximum Gasteiger partial charge on any atom is 0.158 e. The highest BCUT2D eigenvalue weighted by Crippen LogP contribution is 2.29. The molecule has 0 radical (unpaired) electrons. The number of nitrogens with one attached hydrogen (secondary N) is 1. The van der Waals surface area contributed by atoms with Gasteiger partial charge in [-0.25, -0.2) is 9.97 Å². The van der Waals surface area contributed by atoms with Crippen molar-refractivity contribution in [2.45, 2.75) is 20.3 Å². The second-order valence-corrected chi connectivity index (χ2v) is 6.38. The molecule has 7 nitrogen and oxygen atoms in total. The summed E-state index contributed by atoms with van der Waals surface area (Å²) >= 11 is 0. The van der Waals surface area contributed by atoms with E-state index in [1.807, 2.05) is 37.3 Å². The van der Waals surface area contributed by atoms with Crippen LogP contribution in [0.3, 0.4) is 0 Å². The molecule has 7 heteroatoms. The third-order valence-electron chi connectivity index (χ3n) is 4.21. The number of hydrogen-bond donors (Lipinski definition) is 3. The number of ether oxygens (including phenoxy) is 1. The predicted molar refractivity (Wildman–Crippen MR) is 118 cm³/mol. The van der Waals surface area contributed by atoms with E-state index in [4.69, 9.17) is 15.6 Å². The number of nitrogens with zero attached hydrogens (tertiary/aromatic N) is 3. The smallest absolute Gasteiger partial charge is 0.158 e. The number of aliphatic hydroxyl groups is 1. The normalized spacial score (nSPS) is 10.5. The summed E-state index contributed by atoms with van der Waals surface area (Å²) in [7, 11) is 0. The molecule has 2 aromatic heterocycles. The first-order chi connectivity index (χ1) is 14.6. The number of aliphatic hydroxyl groups excluding tert-OH is 1. The maximum absolute atomic E-state index is 8.75. The van der Waals surface area contributed by atoms with Gasteiger partial charge < -0.3 is 20.9 Å². The zero-order chi connectivity index (χ0) is 21.3. The lowest BCUT2D eigenvalue weighted by Crippen LogP contribution is -2.03. The zero-order valence-corrected chi connectivity index (χ0v) is 16.9. The summed E-state index contributed by atoms with van der Waals surface area (Å²) in [5, 5.41) is 11.9. The number of aromatic nitrogens is 3. The topological polar surface area (TPSA) is 106 Å². The van der Waals surface area contributed by atoms with E-state index >= 15 is 0 Å². The Morgan fingerprint density at radius 2 is 2.07 bits per heavy atom. The minimum atomic E-state index is -0.0691. The summed E-state index contributed by atoms with van der Waals surface area (Å²) in [6.07, 6.45) is 7.09. The third kappa shape index (κ3) is 5.34. The van der Waals surface area contributed by atoms with E-state index in [0.717, 1.165) is 29.1 Å². The van der Waals surface area contributed by atoms with Gasteiger partial charge in [0.25, 0.3) is 0 Å². The van der Waals surface area contributed by atoms with Crippen molar-refractivity contribution in [1.82, 2.24) is 15.0 Å². The van der Waals surface area contributed by atoms with E-state index in [2.05, 4.69) is 39.0 Å². The summed E-state index contributed by atoms with van der Waals surface area (Å²) in [5.41, 5.74) is 9.68. The molecule has 4 N–H and O–H groups in total. The second kappa shape index (κ2) is 10.0. The first-order valence-electron chi connectivity index (χ1n) is 9.49. The van der Waals surface area contributed by atoms with Crippen LogP contribution >= 0.6 is 0 Å². The number of pyridine rings is 1. The van der Waals surface area contributed by atoms with Crippen molar-refractivity contribution in [2.75, 3.05) is 17.7 Å². The Morgan fingerprint density at radius 1 is 1.20 bits per heavy atom. The number of nitrogens with two attached hydrogens (primary N) is 1. The fourth-order valence-corrected chi connectivity index (χ4v) is 2.60. The van der Waals surface area contributed by atoms with Crippen LogP contribution in [0.4, 0.5) is 17.2 Å². The van der Waals surface area contributed by atoms with Gasteiger partial charge >= 0.3 is 0 Å². The van der Waals surface area contributed by atoms with Crippen LogP contribution in [-0.2, 0) is 6.42 Å². The predicted octanol–water partition coefficient (Wildman–Crippen LogP) is 3.76. The minimum Gasteiger partial charge on any atom is -0.455 e. The van der Waals surface area contributed by atoms with E-state index < -0.39 is 0 Å². The quantitative estimate of drug-likeness (QED) is 0.540. The van der Waals surface area contributed by atoms with Gasteiger partial charge in [0.15, 0.2) is 5.82 Å². The van der Waals surface area contributed by atoms with Crippen molar-refractivity contribution in [3.05, 3.63) is 72.0 Å². The zero-order valence-electron chi connectivity index (χ0n) is 16.9. The van der Waals surface area contributed by atoms with Crippen LogP contribution in [-0.4, -0.2) is 26.7 Å².